The average molecular weight is 296 g/mol. The summed E-state index contributed by atoms with van der Waals surface area (Å²) in [7, 11) is 0. The number of amides is 2. The third kappa shape index (κ3) is 4.11. The van der Waals surface area contributed by atoms with Crippen LogP contribution >= 0.6 is 0 Å². The summed E-state index contributed by atoms with van der Waals surface area (Å²) in [6, 6.07) is -0.0272. The highest BCUT2D eigenvalue weighted by Crippen LogP contribution is 2.31. The standard InChI is InChI=1S/C16H28N2O3/c1-12-4-3-5-13(10-12)11-17-15(21)18-8-6-16(2,7-9-18)14(19)20/h12-13H,3-11H2,1-2H3,(H,17,21)(H,19,20). The second-order valence-electron chi connectivity index (χ2n) is 7.18. The summed E-state index contributed by atoms with van der Waals surface area (Å²) in [5, 5.41) is 12.2. The Morgan fingerprint density at radius 2 is 1.95 bits per heavy atom. The molecule has 1 saturated heterocycles. The lowest BCUT2D eigenvalue weighted by molar-refractivity contribution is -0.150. The molecule has 0 aromatic heterocycles. The van der Waals surface area contributed by atoms with Crippen LogP contribution in [-0.4, -0.2) is 41.6 Å². The highest BCUT2D eigenvalue weighted by atomic mass is 16.4. The van der Waals surface area contributed by atoms with Gasteiger partial charge >= 0.3 is 12.0 Å². The summed E-state index contributed by atoms with van der Waals surface area (Å²) in [5.41, 5.74) is -0.671. The zero-order valence-electron chi connectivity index (χ0n) is 13.2. The van der Waals surface area contributed by atoms with E-state index in [2.05, 4.69) is 12.2 Å². The van der Waals surface area contributed by atoms with E-state index >= 15 is 0 Å². The molecule has 2 N–H and O–H groups in total. The maximum Gasteiger partial charge on any atom is 0.317 e. The van der Waals surface area contributed by atoms with E-state index in [1.807, 2.05) is 0 Å². The third-order valence-corrected chi connectivity index (χ3v) is 5.26. The fourth-order valence-corrected chi connectivity index (χ4v) is 3.51. The number of urea groups is 1. The van der Waals surface area contributed by atoms with Crippen molar-refractivity contribution in [1.82, 2.24) is 10.2 Å². The van der Waals surface area contributed by atoms with Gasteiger partial charge in [0.1, 0.15) is 0 Å². The minimum atomic E-state index is -0.751. The van der Waals surface area contributed by atoms with E-state index in [9.17, 15) is 14.7 Å². The number of nitrogens with zero attached hydrogens (tertiary/aromatic N) is 1. The molecule has 0 spiro atoms. The number of piperidine rings is 1. The van der Waals surface area contributed by atoms with Crippen molar-refractivity contribution in [3.63, 3.8) is 0 Å². The van der Waals surface area contributed by atoms with Crippen LogP contribution in [0, 0.1) is 17.3 Å². The second kappa shape index (κ2) is 6.67. The monoisotopic (exact) mass is 296 g/mol. The number of nitrogens with one attached hydrogen (secondary N) is 1. The van der Waals surface area contributed by atoms with Gasteiger partial charge in [0.15, 0.2) is 0 Å². The molecular formula is C16H28N2O3. The van der Waals surface area contributed by atoms with Gasteiger partial charge in [-0.15, -0.1) is 0 Å². The molecular weight excluding hydrogens is 268 g/mol. The molecule has 0 bridgehead atoms. The lowest BCUT2D eigenvalue weighted by atomic mass is 9.80. The van der Waals surface area contributed by atoms with Gasteiger partial charge in [-0.2, -0.15) is 0 Å². The number of hydrogen-bond acceptors (Lipinski definition) is 2. The maximum absolute atomic E-state index is 12.2. The topological polar surface area (TPSA) is 69.6 Å². The zero-order valence-corrected chi connectivity index (χ0v) is 13.2. The Morgan fingerprint density at radius 3 is 2.52 bits per heavy atom. The first-order valence-electron chi connectivity index (χ1n) is 8.17. The van der Waals surface area contributed by atoms with Crippen molar-refractivity contribution in [3.05, 3.63) is 0 Å². The summed E-state index contributed by atoms with van der Waals surface area (Å²) in [6.07, 6.45) is 6.07. The highest BCUT2D eigenvalue weighted by Gasteiger charge is 2.38. The molecule has 0 aromatic carbocycles. The fraction of sp³-hybridized carbons (Fsp3) is 0.875. The number of carboxylic acid groups (broad SMARTS) is 1. The molecule has 2 atom stereocenters. The predicted octanol–water partition coefficient (Wildman–Crippen LogP) is 2.71. The van der Waals surface area contributed by atoms with Crippen molar-refractivity contribution in [1.29, 1.82) is 0 Å². The summed E-state index contributed by atoms with van der Waals surface area (Å²) >= 11 is 0. The van der Waals surface area contributed by atoms with Crippen LogP contribution in [0.2, 0.25) is 0 Å². The molecule has 2 rings (SSSR count). The molecule has 2 fully saturated rings. The van der Waals surface area contributed by atoms with E-state index in [-0.39, 0.29) is 6.03 Å². The van der Waals surface area contributed by atoms with E-state index in [1.54, 1.807) is 11.8 Å². The number of likely N-dealkylation sites (tertiary alicyclic amines) is 1. The van der Waals surface area contributed by atoms with E-state index in [4.69, 9.17) is 0 Å². The minimum Gasteiger partial charge on any atom is -0.481 e. The average Bonchev–Trinajstić information content (AvgIpc) is 2.45. The fourth-order valence-electron chi connectivity index (χ4n) is 3.51. The van der Waals surface area contributed by atoms with Crippen LogP contribution in [0.25, 0.3) is 0 Å². The molecule has 5 nitrogen and oxygen atoms in total. The van der Waals surface area contributed by atoms with Crippen LogP contribution in [0.3, 0.4) is 0 Å². The number of rotatable bonds is 3. The van der Waals surface area contributed by atoms with Crippen LogP contribution < -0.4 is 5.32 Å². The molecule has 1 aliphatic carbocycles. The summed E-state index contributed by atoms with van der Waals surface area (Å²) in [6.45, 7) is 5.89. The number of carbonyl (C=O) groups excluding carboxylic acids is 1. The Kier molecular flexibility index (Phi) is 5.12. The third-order valence-electron chi connectivity index (χ3n) is 5.26. The molecule has 5 heteroatoms. The van der Waals surface area contributed by atoms with Crippen LogP contribution in [0.15, 0.2) is 0 Å². The molecule has 21 heavy (non-hydrogen) atoms. The molecule has 1 heterocycles. The molecule has 120 valence electrons. The number of hydrogen-bond donors (Lipinski definition) is 2. The molecule has 2 aliphatic rings. The van der Waals surface area contributed by atoms with Gasteiger partial charge in [-0.3, -0.25) is 4.79 Å². The van der Waals surface area contributed by atoms with Gasteiger partial charge in [0.25, 0.3) is 0 Å². The van der Waals surface area contributed by atoms with Gasteiger partial charge in [0, 0.05) is 19.6 Å². The first-order valence-corrected chi connectivity index (χ1v) is 8.17. The molecule has 2 unspecified atom stereocenters. The Balaban J connectivity index is 1.73. The van der Waals surface area contributed by atoms with Gasteiger partial charge in [-0.05, 0) is 44.4 Å². The normalized spacial score (nSPS) is 29.0. The van der Waals surface area contributed by atoms with Crippen LogP contribution in [0.4, 0.5) is 4.79 Å². The maximum atomic E-state index is 12.2. The smallest absolute Gasteiger partial charge is 0.317 e. The van der Waals surface area contributed by atoms with Crippen molar-refractivity contribution in [2.24, 2.45) is 17.3 Å². The number of carbonyl (C=O) groups is 2. The van der Waals surface area contributed by atoms with E-state index in [0.717, 1.165) is 12.5 Å². The molecule has 1 saturated carbocycles. The van der Waals surface area contributed by atoms with E-state index in [0.29, 0.717) is 31.8 Å². The quantitative estimate of drug-likeness (QED) is 0.841. The largest absolute Gasteiger partial charge is 0.481 e. The van der Waals surface area contributed by atoms with Crippen molar-refractivity contribution >= 4 is 12.0 Å². The summed E-state index contributed by atoms with van der Waals surface area (Å²) in [5.74, 6) is 0.623. The second-order valence-corrected chi connectivity index (χ2v) is 7.18. The Morgan fingerprint density at radius 1 is 1.29 bits per heavy atom. The summed E-state index contributed by atoms with van der Waals surface area (Å²) in [4.78, 5) is 25.1. The van der Waals surface area contributed by atoms with Gasteiger partial charge in [-0.25, -0.2) is 4.79 Å². The van der Waals surface area contributed by atoms with Crippen molar-refractivity contribution in [2.75, 3.05) is 19.6 Å². The predicted molar refractivity (Wildman–Crippen MR) is 81.1 cm³/mol. The molecule has 0 aromatic rings. The van der Waals surface area contributed by atoms with E-state index in [1.165, 1.54) is 25.7 Å². The Hall–Kier alpha value is -1.26. The zero-order chi connectivity index (χ0) is 15.5. The van der Waals surface area contributed by atoms with Crippen molar-refractivity contribution in [2.45, 2.75) is 52.4 Å². The first kappa shape index (κ1) is 16.1. The van der Waals surface area contributed by atoms with Crippen molar-refractivity contribution < 1.29 is 14.7 Å². The van der Waals surface area contributed by atoms with Crippen LogP contribution in [0.5, 0.6) is 0 Å². The van der Waals surface area contributed by atoms with E-state index < -0.39 is 11.4 Å². The Bertz CT molecular complexity index is 389. The van der Waals surface area contributed by atoms with Crippen LogP contribution in [0.1, 0.15) is 52.4 Å². The lowest BCUT2D eigenvalue weighted by Gasteiger charge is -2.36. The number of aliphatic carboxylic acids is 1. The van der Waals surface area contributed by atoms with Gasteiger partial charge < -0.3 is 15.3 Å². The highest BCUT2D eigenvalue weighted by molar-refractivity contribution is 5.76. The van der Waals surface area contributed by atoms with Gasteiger partial charge in [0.05, 0.1) is 5.41 Å². The number of carboxylic acids is 1. The van der Waals surface area contributed by atoms with Crippen molar-refractivity contribution in [3.8, 4) is 0 Å². The minimum absolute atomic E-state index is 0.0272. The first-order chi connectivity index (χ1) is 9.90. The Labute approximate surface area is 127 Å². The summed E-state index contributed by atoms with van der Waals surface area (Å²) < 4.78 is 0. The lowest BCUT2D eigenvalue weighted by Crippen LogP contribution is -2.49. The SMILES string of the molecule is CC1CCCC(CNC(=O)N2CCC(C)(C(=O)O)CC2)C1. The molecule has 1 aliphatic heterocycles. The molecule has 2 amide bonds. The van der Waals surface area contributed by atoms with Crippen LogP contribution in [-0.2, 0) is 4.79 Å². The van der Waals surface area contributed by atoms with Gasteiger partial charge in [-0.1, -0.05) is 19.8 Å². The van der Waals surface area contributed by atoms with Gasteiger partial charge in [0.2, 0.25) is 0 Å². The molecule has 0 radical (unpaired) electrons.